The molecule has 0 saturated heterocycles. The Balaban J connectivity index is 2.48. The summed E-state index contributed by atoms with van der Waals surface area (Å²) < 4.78 is 5.02. The second-order valence-corrected chi connectivity index (χ2v) is 3.36. The number of phenolic OH excluding ortho intramolecular Hbond substituents is 1. The highest BCUT2D eigenvalue weighted by molar-refractivity contribution is 5.62. The predicted molar refractivity (Wildman–Crippen MR) is 57.4 cm³/mol. The molecule has 1 aromatic carbocycles. The van der Waals surface area contributed by atoms with E-state index in [4.69, 9.17) is 10.3 Å². The van der Waals surface area contributed by atoms with Crippen molar-refractivity contribution < 1.29 is 9.63 Å². The maximum absolute atomic E-state index is 9.50. The van der Waals surface area contributed by atoms with Crippen molar-refractivity contribution in [3.05, 3.63) is 29.8 Å². The number of nitrogens with two attached hydrogens (primary N) is 1. The predicted octanol–water partition coefficient (Wildman–Crippen LogP) is 2.19. The first kappa shape index (κ1) is 9.58. The van der Waals surface area contributed by atoms with Crippen molar-refractivity contribution in [2.45, 2.75) is 13.3 Å². The maximum atomic E-state index is 9.50. The third-order valence-corrected chi connectivity index (χ3v) is 2.20. The molecule has 15 heavy (non-hydrogen) atoms. The van der Waals surface area contributed by atoms with Gasteiger partial charge in [0.2, 0.25) is 0 Å². The van der Waals surface area contributed by atoms with Crippen LogP contribution >= 0.6 is 0 Å². The number of anilines is 1. The molecule has 3 N–H and O–H groups in total. The number of nitrogens with zero attached hydrogens (tertiary/aromatic N) is 1. The minimum absolute atomic E-state index is 0.222. The summed E-state index contributed by atoms with van der Waals surface area (Å²) in [7, 11) is 0. The molecular weight excluding hydrogens is 192 g/mol. The molecule has 4 nitrogen and oxygen atoms in total. The number of nitrogen functional groups attached to an aromatic ring is 1. The van der Waals surface area contributed by atoms with Crippen LogP contribution in [-0.2, 0) is 6.42 Å². The van der Waals surface area contributed by atoms with E-state index in [1.54, 1.807) is 18.2 Å². The third kappa shape index (κ3) is 1.93. The van der Waals surface area contributed by atoms with Crippen molar-refractivity contribution in [1.29, 1.82) is 0 Å². The van der Waals surface area contributed by atoms with Gasteiger partial charge < -0.3 is 15.4 Å². The molecule has 2 rings (SSSR count). The van der Waals surface area contributed by atoms with Gasteiger partial charge in [0.05, 0.1) is 0 Å². The zero-order valence-electron chi connectivity index (χ0n) is 8.40. The van der Waals surface area contributed by atoms with Gasteiger partial charge in [-0.1, -0.05) is 12.1 Å². The van der Waals surface area contributed by atoms with E-state index in [0.717, 1.165) is 17.5 Å². The van der Waals surface area contributed by atoms with Crippen LogP contribution < -0.4 is 5.73 Å². The summed E-state index contributed by atoms with van der Waals surface area (Å²) in [6, 6.07) is 6.93. The van der Waals surface area contributed by atoms with E-state index in [1.807, 2.05) is 13.0 Å². The van der Waals surface area contributed by atoms with E-state index in [1.165, 1.54) is 0 Å². The summed E-state index contributed by atoms with van der Waals surface area (Å²) in [6.07, 6.45) is 0.852. The molecule has 0 spiro atoms. The fraction of sp³-hybridized carbons (Fsp3) is 0.182. The van der Waals surface area contributed by atoms with E-state index in [2.05, 4.69) is 5.16 Å². The van der Waals surface area contributed by atoms with Gasteiger partial charge in [0.25, 0.3) is 0 Å². The van der Waals surface area contributed by atoms with Crippen LogP contribution in [0.15, 0.2) is 28.8 Å². The molecule has 4 heteroatoms. The first-order valence-corrected chi connectivity index (χ1v) is 4.74. The van der Waals surface area contributed by atoms with Gasteiger partial charge >= 0.3 is 0 Å². The molecule has 0 aliphatic heterocycles. The van der Waals surface area contributed by atoms with Crippen LogP contribution in [0.3, 0.4) is 0 Å². The van der Waals surface area contributed by atoms with E-state index in [-0.39, 0.29) is 5.75 Å². The highest BCUT2D eigenvalue weighted by Crippen LogP contribution is 2.26. The van der Waals surface area contributed by atoms with E-state index >= 15 is 0 Å². The summed E-state index contributed by atoms with van der Waals surface area (Å²) in [5.74, 6) is 1.13. The number of phenols is 1. The minimum Gasteiger partial charge on any atom is -0.508 e. The molecule has 0 aliphatic carbocycles. The molecule has 1 heterocycles. The fourth-order valence-electron chi connectivity index (χ4n) is 1.45. The fourth-order valence-corrected chi connectivity index (χ4v) is 1.45. The van der Waals surface area contributed by atoms with Crippen molar-refractivity contribution >= 4 is 5.82 Å². The van der Waals surface area contributed by atoms with E-state index in [0.29, 0.717) is 11.6 Å². The first-order valence-electron chi connectivity index (χ1n) is 4.74. The Morgan fingerprint density at radius 3 is 2.73 bits per heavy atom. The van der Waals surface area contributed by atoms with Crippen LogP contribution in [0.4, 0.5) is 5.82 Å². The lowest BCUT2D eigenvalue weighted by Gasteiger charge is -2.01. The number of hydrogen-bond acceptors (Lipinski definition) is 4. The molecule has 0 radical (unpaired) electrons. The lowest BCUT2D eigenvalue weighted by molar-refractivity contribution is 0.435. The molecule has 1 aromatic heterocycles. The SMILES string of the molecule is CCc1cc(O)cc(-c2cc(N)no2)c1. The van der Waals surface area contributed by atoms with Crippen molar-refractivity contribution in [3.8, 4) is 17.1 Å². The molecule has 0 unspecified atom stereocenters. The number of rotatable bonds is 2. The van der Waals surface area contributed by atoms with Gasteiger partial charge in [0.15, 0.2) is 11.6 Å². The van der Waals surface area contributed by atoms with Crippen molar-refractivity contribution in [2.24, 2.45) is 0 Å². The molecule has 0 bridgehead atoms. The maximum Gasteiger partial charge on any atom is 0.169 e. The quantitative estimate of drug-likeness (QED) is 0.786. The third-order valence-electron chi connectivity index (χ3n) is 2.20. The molecule has 0 amide bonds. The summed E-state index contributed by atoms with van der Waals surface area (Å²) in [4.78, 5) is 0. The van der Waals surface area contributed by atoms with Crippen LogP contribution in [0.2, 0.25) is 0 Å². The average molecular weight is 204 g/mol. The Hall–Kier alpha value is -1.97. The van der Waals surface area contributed by atoms with Gasteiger partial charge in [0, 0.05) is 11.6 Å². The summed E-state index contributed by atoms with van der Waals surface area (Å²) in [5, 5.41) is 13.1. The number of aryl methyl sites for hydroxylation is 1. The largest absolute Gasteiger partial charge is 0.508 e. The van der Waals surface area contributed by atoms with Crippen LogP contribution in [0.1, 0.15) is 12.5 Å². The van der Waals surface area contributed by atoms with Crippen LogP contribution in [-0.4, -0.2) is 10.3 Å². The standard InChI is InChI=1S/C11H12N2O2/c1-2-7-3-8(5-9(14)4-7)10-6-11(12)13-15-10/h3-6,14H,2H2,1H3,(H2,12,13). The van der Waals surface area contributed by atoms with Gasteiger partial charge in [-0.2, -0.15) is 0 Å². The Kier molecular flexibility index (Phi) is 2.33. The molecule has 78 valence electrons. The Bertz CT molecular complexity index is 477. The molecular formula is C11H12N2O2. The normalized spacial score (nSPS) is 10.5. The molecule has 0 atom stereocenters. The zero-order valence-corrected chi connectivity index (χ0v) is 8.40. The topological polar surface area (TPSA) is 72.3 Å². The molecule has 0 saturated carbocycles. The lowest BCUT2D eigenvalue weighted by Crippen LogP contribution is -1.82. The van der Waals surface area contributed by atoms with E-state index < -0.39 is 0 Å². The number of aromatic nitrogens is 1. The number of benzene rings is 1. The molecule has 0 aliphatic rings. The summed E-state index contributed by atoms with van der Waals surface area (Å²) in [6.45, 7) is 2.02. The van der Waals surface area contributed by atoms with Gasteiger partial charge in [-0.15, -0.1) is 0 Å². The molecule has 0 fully saturated rings. The van der Waals surface area contributed by atoms with Gasteiger partial charge in [-0.05, 0) is 30.2 Å². The minimum atomic E-state index is 0.222. The smallest absolute Gasteiger partial charge is 0.169 e. The average Bonchev–Trinajstić information content (AvgIpc) is 2.64. The summed E-state index contributed by atoms with van der Waals surface area (Å²) in [5.41, 5.74) is 7.29. The van der Waals surface area contributed by atoms with Crippen LogP contribution in [0.5, 0.6) is 5.75 Å². The van der Waals surface area contributed by atoms with Gasteiger partial charge in [-0.25, -0.2) is 0 Å². The van der Waals surface area contributed by atoms with Gasteiger partial charge in [-0.3, -0.25) is 0 Å². The second-order valence-electron chi connectivity index (χ2n) is 3.36. The summed E-state index contributed by atoms with van der Waals surface area (Å²) >= 11 is 0. The first-order chi connectivity index (χ1) is 7.19. The van der Waals surface area contributed by atoms with Crippen molar-refractivity contribution in [2.75, 3.05) is 5.73 Å². The van der Waals surface area contributed by atoms with Gasteiger partial charge in [0.1, 0.15) is 5.75 Å². The Morgan fingerprint density at radius 2 is 2.13 bits per heavy atom. The van der Waals surface area contributed by atoms with Crippen molar-refractivity contribution in [1.82, 2.24) is 5.16 Å². The Labute approximate surface area is 87.3 Å². The van der Waals surface area contributed by atoms with Crippen LogP contribution in [0, 0.1) is 0 Å². The molecule has 2 aromatic rings. The van der Waals surface area contributed by atoms with E-state index in [9.17, 15) is 5.11 Å². The highest BCUT2D eigenvalue weighted by atomic mass is 16.5. The second kappa shape index (κ2) is 3.65. The van der Waals surface area contributed by atoms with Crippen molar-refractivity contribution in [3.63, 3.8) is 0 Å². The Morgan fingerprint density at radius 1 is 1.33 bits per heavy atom. The van der Waals surface area contributed by atoms with Crippen LogP contribution in [0.25, 0.3) is 11.3 Å². The number of hydrogen-bond donors (Lipinski definition) is 2. The monoisotopic (exact) mass is 204 g/mol. The highest BCUT2D eigenvalue weighted by Gasteiger charge is 2.06. The number of aromatic hydroxyl groups is 1. The zero-order chi connectivity index (χ0) is 10.8. The lowest BCUT2D eigenvalue weighted by atomic mass is 10.1.